The quantitative estimate of drug-likeness (QED) is 0.523. The molecule has 2 unspecified atom stereocenters. The van der Waals surface area contributed by atoms with Crippen LogP contribution in [-0.2, 0) is 0 Å². The molecule has 0 saturated carbocycles. The second kappa shape index (κ2) is 5.28. The lowest BCUT2D eigenvalue weighted by Gasteiger charge is -2.20. The Labute approximate surface area is 132 Å². The molecule has 3 aromatic carbocycles. The van der Waals surface area contributed by atoms with Crippen LogP contribution in [0.1, 0.15) is 60.8 Å². The Morgan fingerprint density at radius 1 is 0.591 bits per heavy atom. The fraction of sp³-hybridized carbons (Fsp3) is 0.273. The molecule has 0 heterocycles. The molecule has 3 aromatic rings. The minimum absolute atomic E-state index is 0.512. The van der Waals surface area contributed by atoms with Gasteiger partial charge in [0.15, 0.2) is 0 Å². The summed E-state index contributed by atoms with van der Waals surface area (Å²) >= 11 is 0. The molecule has 0 radical (unpaired) electrons. The maximum atomic E-state index is 2.34. The van der Waals surface area contributed by atoms with Gasteiger partial charge in [-0.2, -0.15) is 0 Å². The Kier molecular flexibility index (Phi) is 3.26. The van der Waals surface area contributed by atoms with Crippen LogP contribution in [0.25, 0.3) is 10.8 Å². The van der Waals surface area contributed by atoms with Crippen LogP contribution >= 0.6 is 0 Å². The standard InChI is InChI=1S/C22H22/c1-3-16-18-11-5-6-12-19(18)17(4-2)21-14-8-10-15-9-7-13-20(16)22(15)21/h5-14,16-17H,3-4H2,1-2H3. The van der Waals surface area contributed by atoms with Crippen molar-refractivity contribution in [3.63, 3.8) is 0 Å². The number of fused-ring (bicyclic) bond motifs is 1. The van der Waals surface area contributed by atoms with Crippen molar-refractivity contribution in [3.05, 3.63) is 82.9 Å². The minimum Gasteiger partial charge on any atom is -0.0645 e. The third kappa shape index (κ3) is 1.83. The minimum atomic E-state index is 0.512. The highest BCUT2D eigenvalue weighted by molar-refractivity contribution is 5.91. The van der Waals surface area contributed by atoms with Gasteiger partial charge < -0.3 is 0 Å². The first-order valence-corrected chi connectivity index (χ1v) is 8.45. The maximum Gasteiger partial charge on any atom is 0.00959 e. The van der Waals surface area contributed by atoms with E-state index in [1.165, 1.54) is 33.0 Å². The molecule has 0 aliphatic heterocycles. The summed E-state index contributed by atoms with van der Waals surface area (Å²) in [5, 5.41) is 2.89. The first kappa shape index (κ1) is 13.6. The summed E-state index contributed by atoms with van der Waals surface area (Å²) in [4.78, 5) is 0. The molecule has 2 atom stereocenters. The fourth-order valence-electron chi connectivity index (χ4n) is 4.34. The molecule has 0 amide bonds. The van der Waals surface area contributed by atoms with E-state index in [1.54, 1.807) is 0 Å². The van der Waals surface area contributed by atoms with E-state index in [1.807, 2.05) is 0 Å². The van der Waals surface area contributed by atoms with Gasteiger partial charge in [-0.05, 0) is 45.9 Å². The van der Waals surface area contributed by atoms with Crippen LogP contribution < -0.4 is 0 Å². The van der Waals surface area contributed by atoms with Gasteiger partial charge in [0.05, 0.1) is 0 Å². The van der Waals surface area contributed by atoms with E-state index in [9.17, 15) is 0 Å². The highest BCUT2D eigenvalue weighted by Crippen LogP contribution is 2.46. The molecule has 0 nitrogen and oxygen atoms in total. The Morgan fingerprint density at radius 3 is 1.50 bits per heavy atom. The maximum absolute atomic E-state index is 2.34. The highest BCUT2D eigenvalue weighted by Gasteiger charge is 2.28. The third-order valence-corrected chi connectivity index (χ3v) is 5.28. The van der Waals surface area contributed by atoms with Crippen molar-refractivity contribution in [2.24, 2.45) is 0 Å². The molecule has 0 heteroatoms. The van der Waals surface area contributed by atoms with Gasteiger partial charge in [-0.1, -0.05) is 74.5 Å². The van der Waals surface area contributed by atoms with E-state index in [0.29, 0.717) is 11.8 Å². The topological polar surface area (TPSA) is 0 Å². The first-order valence-electron chi connectivity index (χ1n) is 8.45. The van der Waals surface area contributed by atoms with Gasteiger partial charge >= 0.3 is 0 Å². The van der Waals surface area contributed by atoms with Crippen molar-refractivity contribution in [2.45, 2.75) is 38.5 Å². The highest BCUT2D eigenvalue weighted by atomic mass is 14.3. The molecule has 0 bridgehead atoms. The van der Waals surface area contributed by atoms with Crippen molar-refractivity contribution in [3.8, 4) is 0 Å². The molecule has 1 aliphatic rings. The summed E-state index contributed by atoms with van der Waals surface area (Å²) in [5.41, 5.74) is 6.08. The van der Waals surface area contributed by atoms with E-state index < -0.39 is 0 Å². The van der Waals surface area contributed by atoms with E-state index in [0.717, 1.165) is 12.8 Å². The van der Waals surface area contributed by atoms with E-state index >= 15 is 0 Å². The predicted molar refractivity (Wildman–Crippen MR) is 94.7 cm³/mol. The summed E-state index contributed by atoms with van der Waals surface area (Å²) in [5.74, 6) is 1.02. The van der Waals surface area contributed by atoms with Gasteiger partial charge in [-0.15, -0.1) is 0 Å². The van der Waals surface area contributed by atoms with Crippen LogP contribution in [0.5, 0.6) is 0 Å². The monoisotopic (exact) mass is 286 g/mol. The van der Waals surface area contributed by atoms with Crippen molar-refractivity contribution in [2.75, 3.05) is 0 Å². The van der Waals surface area contributed by atoms with E-state index in [4.69, 9.17) is 0 Å². The lowest BCUT2D eigenvalue weighted by atomic mass is 9.84. The van der Waals surface area contributed by atoms with Gasteiger partial charge in [-0.25, -0.2) is 0 Å². The molecular weight excluding hydrogens is 264 g/mol. The Morgan fingerprint density at radius 2 is 1.05 bits per heavy atom. The second-order valence-corrected chi connectivity index (χ2v) is 6.34. The van der Waals surface area contributed by atoms with Crippen LogP contribution in [-0.4, -0.2) is 0 Å². The smallest absolute Gasteiger partial charge is 0.00959 e. The van der Waals surface area contributed by atoms with Crippen LogP contribution in [0.15, 0.2) is 60.7 Å². The van der Waals surface area contributed by atoms with Crippen molar-refractivity contribution in [1.82, 2.24) is 0 Å². The fourth-order valence-corrected chi connectivity index (χ4v) is 4.34. The van der Waals surface area contributed by atoms with Gasteiger partial charge in [0, 0.05) is 11.8 Å². The number of hydrogen-bond donors (Lipinski definition) is 0. The van der Waals surface area contributed by atoms with Crippen LogP contribution in [0.2, 0.25) is 0 Å². The Hall–Kier alpha value is -2.08. The summed E-state index contributed by atoms with van der Waals surface area (Å²) in [7, 11) is 0. The summed E-state index contributed by atoms with van der Waals surface area (Å²) in [6.07, 6.45) is 2.31. The van der Waals surface area contributed by atoms with Crippen molar-refractivity contribution >= 4 is 10.8 Å². The summed E-state index contributed by atoms with van der Waals surface area (Å²) < 4.78 is 0. The average molecular weight is 286 g/mol. The van der Waals surface area contributed by atoms with Crippen LogP contribution in [0.3, 0.4) is 0 Å². The molecule has 0 spiro atoms. The average Bonchev–Trinajstić information content (AvgIpc) is 2.68. The predicted octanol–water partition coefficient (Wildman–Crippen LogP) is 6.24. The summed E-state index contributed by atoms with van der Waals surface area (Å²) in [6, 6.07) is 22.7. The van der Waals surface area contributed by atoms with Crippen molar-refractivity contribution in [1.29, 1.82) is 0 Å². The molecule has 0 aromatic heterocycles. The van der Waals surface area contributed by atoms with Gasteiger partial charge in [0.1, 0.15) is 0 Å². The van der Waals surface area contributed by atoms with E-state index in [-0.39, 0.29) is 0 Å². The molecular formula is C22H22. The number of hydrogen-bond acceptors (Lipinski definition) is 0. The van der Waals surface area contributed by atoms with Gasteiger partial charge in [-0.3, -0.25) is 0 Å². The molecule has 0 N–H and O–H groups in total. The molecule has 110 valence electrons. The molecule has 0 saturated heterocycles. The lowest BCUT2D eigenvalue weighted by Crippen LogP contribution is -2.04. The normalized spacial score (nSPS) is 19.7. The largest absolute Gasteiger partial charge is 0.0645 e. The van der Waals surface area contributed by atoms with Crippen molar-refractivity contribution < 1.29 is 0 Å². The lowest BCUT2D eigenvalue weighted by molar-refractivity contribution is 0.741. The van der Waals surface area contributed by atoms with Gasteiger partial charge in [0.2, 0.25) is 0 Å². The molecule has 0 fully saturated rings. The number of benzene rings is 3. The Balaban J connectivity index is 2.16. The zero-order chi connectivity index (χ0) is 15.1. The molecule has 1 aliphatic carbocycles. The van der Waals surface area contributed by atoms with Gasteiger partial charge in [0.25, 0.3) is 0 Å². The number of rotatable bonds is 2. The molecule has 22 heavy (non-hydrogen) atoms. The second-order valence-electron chi connectivity index (χ2n) is 6.34. The van der Waals surface area contributed by atoms with E-state index in [2.05, 4.69) is 74.5 Å². The zero-order valence-corrected chi connectivity index (χ0v) is 13.3. The van der Waals surface area contributed by atoms with Crippen LogP contribution in [0, 0.1) is 0 Å². The summed E-state index contributed by atoms with van der Waals surface area (Å²) in [6.45, 7) is 4.63. The first-order chi connectivity index (χ1) is 10.8. The zero-order valence-electron chi connectivity index (χ0n) is 13.3. The Bertz CT molecular complexity index is 763. The molecule has 4 rings (SSSR count). The van der Waals surface area contributed by atoms with Crippen LogP contribution in [0.4, 0.5) is 0 Å². The SMILES string of the molecule is CCC1c2ccccc2C(CC)c2cccc3cccc1c23. The third-order valence-electron chi connectivity index (χ3n) is 5.28.